The van der Waals surface area contributed by atoms with Gasteiger partial charge in [0.05, 0.1) is 13.2 Å². The van der Waals surface area contributed by atoms with Gasteiger partial charge in [-0.05, 0) is 12.8 Å². The first kappa shape index (κ1) is 12.9. The van der Waals surface area contributed by atoms with Gasteiger partial charge >= 0.3 is 10.4 Å². The Bertz CT molecular complexity index is 186. The van der Waals surface area contributed by atoms with E-state index in [1.54, 1.807) is 0 Å². The molecule has 1 aliphatic heterocycles. The predicted molar refractivity (Wildman–Crippen MR) is 45.0 cm³/mol. The Morgan fingerprint density at radius 2 is 1.25 bits per heavy atom. The van der Waals surface area contributed by atoms with Gasteiger partial charge in [0.2, 0.25) is 0 Å². The van der Waals surface area contributed by atoms with Crippen molar-refractivity contribution in [2.75, 3.05) is 13.2 Å². The number of hydrogen-bond donors (Lipinski definition) is 0. The second-order valence-electron chi connectivity index (χ2n) is 2.47. The molecule has 0 aliphatic carbocycles. The van der Waals surface area contributed by atoms with Crippen LogP contribution in [0.2, 0.25) is 0 Å². The first-order chi connectivity index (χ1) is 5.21. The maximum atomic E-state index is 10.7. The monoisotopic (exact) mass is 203 g/mol. The van der Waals surface area contributed by atoms with Crippen molar-refractivity contribution in [1.29, 1.82) is 0 Å². The third-order valence-electron chi connectivity index (χ3n) is 1.49. The quantitative estimate of drug-likeness (QED) is 0.537. The van der Waals surface area contributed by atoms with E-state index in [4.69, 9.17) is 0 Å². The molecule has 0 unspecified atom stereocenters. The van der Waals surface area contributed by atoms with Crippen LogP contribution >= 0.6 is 0 Å². The fourth-order valence-electron chi connectivity index (χ4n) is 0.914. The van der Waals surface area contributed by atoms with E-state index in [1.807, 2.05) is 0 Å². The average Bonchev–Trinajstić information content (AvgIpc) is 2.00. The summed E-state index contributed by atoms with van der Waals surface area (Å²) in [6.07, 6.45) is 3.61. The van der Waals surface area contributed by atoms with Crippen molar-refractivity contribution in [1.82, 2.24) is 0 Å². The van der Waals surface area contributed by atoms with Crippen LogP contribution in [-0.4, -0.2) is 51.2 Å². The Labute approximate surface area is 95.2 Å². The number of hydrogen-bond acceptors (Lipinski definition) is 4. The van der Waals surface area contributed by atoms with Crippen molar-refractivity contribution in [3.05, 3.63) is 0 Å². The normalized spacial score (nSPS) is 24.3. The smallest absolute Gasteiger partial charge is 0.248 e. The SMILES string of the molecule is O=S1(=O)OCCCCCCO1.[Na]. The maximum absolute atomic E-state index is 10.7. The molecule has 12 heavy (non-hydrogen) atoms. The summed E-state index contributed by atoms with van der Waals surface area (Å²) in [7, 11) is -3.67. The Morgan fingerprint density at radius 3 is 1.67 bits per heavy atom. The van der Waals surface area contributed by atoms with E-state index < -0.39 is 10.4 Å². The van der Waals surface area contributed by atoms with Crippen LogP contribution < -0.4 is 0 Å². The molecule has 0 aromatic carbocycles. The predicted octanol–water partition coefficient (Wildman–Crippen LogP) is 0.458. The summed E-state index contributed by atoms with van der Waals surface area (Å²) < 4.78 is 30.5. The van der Waals surface area contributed by atoms with E-state index in [0.717, 1.165) is 25.7 Å². The molecule has 0 atom stereocenters. The minimum absolute atomic E-state index is 0. The summed E-state index contributed by atoms with van der Waals surface area (Å²) >= 11 is 0. The first-order valence-electron chi connectivity index (χ1n) is 3.74. The summed E-state index contributed by atoms with van der Waals surface area (Å²) in [5, 5.41) is 0. The molecule has 1 rings (SSSR count). The summed E-state index contributed by atoms with van der Waals surface area (Å²) in [6.45, 7) is 0.505. The molecule has 0 N–H and O–H groups in total. The van der Waals surface area contributed by atoms with Crippen LogP contribution in [0.3, 0.4) is 0 Å². The molecule has 67 valence electrons. The van der Waals surface area contributed by atoms with Crippen molar-refractivity contribution >= 4 is 40.0 Å². The summed E-state index contributed by atoms with van der Waals surface area (Å²) in [5.74, 6) is 0. The molecule has 0 amide bonds. The third-order valence-corrected chi connectivity index (χ3v) is 2.40. The van der Waals surface area contributed by atoms with Crippen LogP contribution in [0.4, 0.5) is 0 Å². The second kappa shape index (κ2) is 6.34. The molecule has 4 nitrogen and oxygen atoms in total. The van der Waals surface area contributed by atoms with Gasteiger partial charge in [0, 0.05) is 29.6 Å². The minimum atomic E-state index is -3.67. The van der Waals surface area contributed by atoms with Gasteiger partial charge in [0.25, 0.3) is 0 Å². The van der Waals surface area contributed by atoms with E-state index in [1.165, 1.54) is 0 Å². The molecule has 0 aromatic heterocycles. The fourth-order valence-corrected chi connectivity index (χ4v) is 1.63. The van der Waals surface area contributed by atoms with E-state index in [2.05, 4.69) is 8.37 Å². The Balaban J connectivity index is 0.00000121. The Hall–Kier alpha value is 0.870. The van der Waals surface area contributed by atoms with Crippen LogP contribution in [0.25, 0.3) is 0 Å². The van der Waals surface area contributed by atoms with Gasteiger partial charge in [-0.15, -0.1) is 0 Å². The topological polar surface area (TPSA) is 52.6 Å². The zero-order chi connectivity index (χ0) is 8.16. The van der Waals surface area contributed by atoms with Crippen molar-refractivity contribution in [3.63, 3.8) is 0 Å². The van der Waals surface area contributed by atoms with Gasteiger partial charge in [-0.25, -0.2) is 8.37 Å². The van der Waals surface area contributed by atoms with Gasteiger partial charge in [-0.1, -0.05) is 12.8 Å². The van der Waals surface area contributed by atoms with E-state index >= 15 is 0 Å². The molecule has 1 radical (unpaired) electrons. The van der Waals surface area contributed by atoms with Crippen molar-refractivity contribution in [2.24, 2.45) is 0 Å². The van der Waals surface area contributed by atoms with Crippen molar-refractivity contribution in [3.8, 4) is 0 Å². The molecule has 1 heterocycles. The molecule has 0 bridgehead atoms. The van der Waals surface area contributed by atoms with Crippen molar-refractivity contribution < 1.29 is 16.8 Å². The van der Waals surface area contributed by atoms with Gasteiger partial charge in [0.15, 0.2) is 0 Å². The molecule has 6 heteroatoms. The molecule has 1 saturated heterocycles. The summed E-state index contributed by atoms with van der Waals surface area (Å²) in [4.78, 5) is 0. The standard InChI is InChI=1S/C6H12O4S.Na/c7-11(8)9-5-3-1-2-4-6-10-11;/h1-6H2;. The van der Waals surface area contributed by atoms with Crippen LogP contribution in [0, 0.1) is 0 Å². The molecule has 1 aliphatic rings. The van der Waals surface area contributed by atoms with Crippen LogP contribution in [0.1, 0.15) is 25.7 Å². The zero-order valence-electron chi connectivity index (χ0n) is 7.28. The largest absolute Gasteiger partial charge is 0.399 e. The molecule has 1 fully saturated rings. The molecule has 0 saturated carbocycles. The molecule has 0 spiro atoms. The van der Waals surface area contributed by atoms with E-state index in [-0.39, 0.29) is 42.8 Å². The first-order valence-corrected chi connectivity index (χ1v) is 5.08. The molecular weight excluding hydrogens is 191 g/mol. The van der Waals surface area contributed by atoms with Gasteiger partial charge in [-0.3, -0.25) is 0 Å². The minimum Gasteiger partial charge on any atom is -0.248 e. The zero-order valence-corrected chi connectivity index (χ0v) is 10.1. The van der Waals surface area contributed by atoms with Crippen molar-refractivity contribution in [2.45, 2.75) is 25.7 Å². The van der Waals surface area contributed by atoms with Crippen LogP contribution in [-0.2, 0) is 18.8 Å². The number of rotatable bonds is 0. The van der Waals surface area contributed by atoms with Gasteiger partial charge in [-0.2, -0.15) is 8.42 Å². The van der Waals surface area contributed by atoms with Gasteiger partial charge in [0.1, 0.15) is 0 Å². The average molecular weight is 203 g/mol. The summed E-state index contributed by atoms with van der Waals surface area (Å²) in [5.41, 5.74) is 0. The fraction of sp³-hybridized carbons (Fsp3) is 1.00. The third kappa shape index (κ3) is 5.50. The van der Waals surface area contributed by atoms with Crippen LogP contribution in [0.5, 0.6) is 0 Å². The molecular formula is C6H12NaO4S. The van der Waals surface area contributed by atoms with E-state index in [9.17, 15) is 8.42 Å². The van der Waals surface area contributed by atoms with Gasteiger partial charge < -0.3 is 0 Å². The Morgan fingerprint density at radius 1 is 0.833 bits per heavy atom. The maximum Gasteiger partial charge on any atom is 0.399 e. The molecule has 0 aromatic rings. The second-order valence-corrected chi connectivity index (χ2v) is 3.75. The van der Waals surface area contributed by atoms with E-state index in [0.29, 0.717) is 0 Å². The Kier molecular flexibility index (Phi) is 6.80. The van der Waals surface area contributed by atoms with Crippen LogP contribution in [0.15, 0.2) is 0 Å². The summed E-state index contributed by atoms with van der Waals surface area (Å²) in [6, 6.07) is 0.